The summed E-state index contributed by atoms with van der Waals surface area (Å²) in [5.41, 5.74) is 4.91. The van der Waals surface area contributed by atoms with Gasteiger partial charge in [-0.1, -0.05) is 18.2 Å². The molecule has 1 atom stereocenters. The first kappa shape index (κ1) is 21.4. The highest BCUT2D eigenvalue weighted by Crippen LogP contribution is 2.35. The largest absolute Gasteiger partial charge is 0.490 e. The fraction of sp³-hybridized carbons (Fsp3) is 0.185. The Morgan fingerprint density at radius 3 is 2.65 bits per heavy atom. The molecule has 0 bridgehead atoms. The van der Waals surface area contributed by atoms with Gasteiger partial charge >= 0.3 is 0 Å². The van der Waals surface area contributed by atoms with Crippen LogP contribution in [-0.4, -0.2) is 39.6 Å². The maximum Gasteiger partial charge on any atom is 0.271 e. The fourth-order valence-electron chi connectivity index (χ4n) is 4.35. The molecule has 0 fully saturated rings. The monoisotopic (exact) mass is 450 g/mol. The van der Waals surface area contributed by atoms with E-state index in [-0.39, 0.29) is 11.7 Å². The minimum Gasteiger partial charge on any atom is -0.490 e. The van der Waals surface area contributed by atoms with Gasteiger partial charge in [-0.05, 0) is 61.4 Å². The SMILES string of the molecule is CC1=C(C#N)C(=O)N(C)C(=O)/C1=C/c1cn(-c2ccccc2)nc1-c1ccc2c(c1)C[C@H](C)O2. The number of carbonyl (C=O) groups is 2. The molecule has 2 amide bonds. The molecule has 168 valence electrons. The Bertz CT molecular complexity index is 1440. The Labute approximate surface area is 197 Å². The van der Waals surface area contributed by atoms with Crippen molar-refractivity contribution >= 4 is 17.9 Å². The maximum atomic E-state index is 13.0. The molecular formula is C27H22N4O3. The van der Waals surface area contributed by atoms with E-state index >= 15 is 0 Å². The molecule has 0 N–H and O–H groups in total. The van der Waals surface area contributed by atoms with Crippen LogP contribution in [0.15, 0.2) is 71.4 Å². The second-order valence-corrected chi connectivity index (χ2v) is 8.51. The number of carbonyl (C=O) groups excluding carboxylic acids is 2. The molecule has 34 heavy (non-hydrogen) atoms. The fourth-order valence-corrected chi connectivity index (χ4v) is 4.35. The molecule has 1 aromatic heterocycles. The van der Waals surface area contributed by atoms with Gasteiger partial charge in [-0.2, -0.15) is 10.4 Å². The molecule has 0 aliphatic carbocycles. The van der Waals surface area contributed by atoms with Crippen molar-refractivity contribution < 1.29 is 14.3 Å². The van der Waals surface area contributed by atoms with E-state index < -0.39 is 11.8 Å². The molecule has 0 radical (unpaired) electrons. The number of amides is 2. The first-order valence-corrected chi connectivity index (χ1v) is 11.0. The van der Waals surface area contributed by atoms with Gasteiger partial charge in [-0.15, -0.1) is 0 Å². The Hall–Kier alpha value is -4.44. The standard InChI is InChI=1S/C27H22N4O3/c1-16-11-19-12-18(9-10-24(19)34-16)25-20(15-31(29-25)21-7-5-4-6-8-21)13-22-17(2)23(14-28)27(33)30(3)26(22)32/h4-10,12-13,15-16H,11H2,1-3H3/b22-13+/t16-/m0/s1. The highest BCUT2D eigenvalue weighted by molar-refractivity contribution is 6.19. The van der Waals surface area contributed by atoms with E-state index in [9.17, 15) is 14.9 Å². The van der Waals surface area contributed by atoms with Gasteiger partial charge in [0.25, 0.3) is 11.8 Å². The first-order chi connectivity index (χ1) is 16.4. The normalized spacial score (nSPS) is 18.8. The molecule has 5 rings (SSSR count). The third kappa shape index (κ3) is 3.50. The molecule has 0 saturated heterocycles. The average molecular weight is 450 g/mol. The number of benzene rings is 2. The van der Waals surface area contributed by atoms with Crippen LogP contribution >= 0.6 is 0 Å². The van der Waals surface area contributed by atoms with Crippen molar-refractivity contribution in [2.24, 2.45) is 0 Å². The molecular weight excluding hydrogens is 428 g/mol. The zero-order chi connectivity index (χ0) is 24.0. The summed E-state index contributed by atoms with van der Waals surface area (Å²) in [6.07, 6.45) is 4.51. The first-order valence-electron chi connectivity index (χ1n) is 11.0. The summed E-state index contributed by atoms with van der Waals surface area (Å²) in [7, 11) is 1.39. The van der Waals surface area contributed by atoms with Crippen LogP contribution in [0, 0.1) is 11.3 Å². The smallest absolute Gasteiger partial charge is 0.271 e. The third-order valence-corrected chi connectivity index (χ3v) is 6.18. The predicted molar refractivity (Wildman–Crippen MR) is 127 cm³/mol. The van der Waals surface area contributed by atoms with E-state index in [0.29, 0.717) is 22.4 Å². The van der Waals surface area contributed by atoms with Crippen LogP contribution in [0.5, 0.6) is 5.75 Å². The van der Waals surface area contributed by atoms with Crippen molar-refractivity contribution in [1.82, 2.24) is 14.7 Å². The summed E-state index contributed by atoms with van der Waals surface area (Å²) in [5, 5.41) is 14.3. The number of hydrogen-bond donors (Lipinski definition) is 0. The van der Waals surface area contributed by atoms with Crippen LogP contribution in [0.2, 0.25) is 0 Å². The summed E-state index contributed by atoms with van der Waals surface area (Å²) in [5.74, 6) is -0.162. The van der Waals surface area contributed by atoms with E-state index in [0.717, 1.165) is 33.9 Å². The number of fused-ring (bicyclic) bond motifs is 1. The number of nitrogens with zero attached hydrogens (tertiary/aromatic N) is 4. The number of imide groups is 1. The van der Waals surface area contributed by atoms with Gasteiger partial charge in [0.1, 0.15) is 23.5 Å². The van der Waals surface area contributed by atoms with Gasteiger partial charge in [-0.25, -0.2) is 4.68 Å². The second-order valence-electron chi connectivity index (χ2n) is 8.51. The lowest BCUT2D eigenvalue weighted by Gasteiger charge is -2.23. The quantitative estimate of drug-likeness (QED) is 0.443. The van der Waals surface area contributed by atoms with Crippen molar-refractivity contribution in [3.63, 3.8) is 0 Å². The van der Waals surface area contributed by atoms with Gasteiger partial charge in [0.15, 0.2) is 0 Å². The Morgan fingerprint density at radius 2 is 1.91 bits per heavy atom. The van der Waals surface area contributed by atoms with Gasteiger partial charge in [0, 0.05) is 36.4 Å². The lowest BCUT2D eigenvalue weighted by molar-refractivity contribution is -0.138. The summed E-state index contributed by atoms with van der Waals surface area (Å²) < 4.78 is 7.61. The molecule has 2 aliphatic rings. The van der Waals surface area contributed by atoms with Crippen LogP contribution in [-0.2, 0) is 16.0 Å². The number of rotatable bonds is 3. The van der Waals surface area contributed by atoms with Gasteiger partial charge in [0.05, 0.1) is 11.4 Å². The molecule has 3 aromatic rings. The summed E-state index contributed by atoms with van der Waals surface area (Å²) in [6, 6.07) is 17.6. The van der Waals surface area contributed by atoms with E-state index in [1.807, 2.05) is 61.7 Å². The Morgan fingerprint density at radius 1 is 1.15 bits per heavy atom. The third-order valence-electron chi connectivity index (χ3n) is 6.18. The van der Waals surface area contributed by atoms with Gasteiger partial charge in [-0.3, -0.25) is 14.5 Å². The Balaban J connectivity index is 1.70. The minimum absolute atomic E-state index is 0.0333. The van der Waals surface area contributed by atoms with E-state index in [4.69, 9.17) is 9.84 Å². The van der Waals surface area contributed by atoms with Crippen LogP contribution in [0.3, 0.4) is 0 Å². The molecule has 2 aliphatic heterocycles. The van der Waals surface area contributed by atoms with E-state index in [1.165, 1.54) is 7.05 Å². The van der Waals surface area contributed by atoms with Crippen LogP contribution < -0.4 is 4.74 Å². The summed E-state index contributed by atoms with van der Waals surface area (Å²) in [4.78, 5) is 26.3. The van der Waals surface area contributed by atoms with Crippen molar-refractivity contribution in [3.05, 3.63) is 82.6 Å². The number of para-hydroxylation sites is 1. The van der Waals surface area contributed by atoms with E-state index in [2.05, 4.69) is 6.07 Å². The highest BCUT2D eigenvalue weighted by Gasteiger charge is 2.33. The summed E-state index contributed by atoms with van der Waals surface area (Å²) >= 11 is 0. The van der Waals surface area contributed by atoms with Crippen LogP contribution in [0.25, 0.3) is 23.0 Å². The maximum absolute atomic E-state index is 13.0. The number of likely N-dealkylation sites (N-methyl/N-ethyl adjacent to an activating group) is 1. The molecule has 0 unspecified atom stereocenters. The zero-order valence-electron chi connectivity index (χ0n) is 19.1. The van der Waals surface area contributed by atoms with Crippen molar-refractivity contribution in [1.29, 1.82) is 5.26 Å². The molecule has 7 heteroatoms. The molecule has 7 nitrogen and oxygen atoms in total. The zero-order valence-corrected chi connectivity index (χ0v) is 19.1. The van der Waals surface area contributed by atoms with Gasteiger partial charge < -0.3 is 4.74 Å². The topological polar surface area (TPSA) is 88.2 Å². The number of nitriles is 1. The van der Waals surface area contributed by atoms with Crippen molar-refractivity contribution in [2.45, 2.75) is 26.4 Å². The molecule has 0 saturated carbocycles. The molecule has 0 spiro atoms. The van der Waals surface area contributed by atoms with Gasteiger partial charge in [0.2, 0.25) is 0 Å². The average Bonchev–Trinajstić information content (AvgIpc) is 3.43. The lowest BCUT2D eigenvalue weighted by atomic mass is 9.93. The van der Waals surface area contributed by atoms with E-state index in [1.54, 1.807) is 17.7 Å². The minimum atomic E-state index is -0.588. The molecule has 3 heterocycles. The molecule has 2 aromatic carbocycles. The Kier molecular flexibility index (Phi) is 5.14. The number of ether oxygens (including phenoxy) is 1. The predicted octanol–water partition coefficient (Wildman–Crippen LogP) is 4.08. The number of hydrogen-bond acceptors (Lipinski definition) is 5. The van der Waals surface area contributed by atoms with Crippen molar-refractivity contribution in [3.8, 4) is 28.8 Å². The van der Waals surface area contributed by atoms with Crippen LogP contribution in [0.1, 0.15) is 25.0 Å². The summed E-state index contributed by atoms with van der Waals surface area (Å²) in [6.45, 7) is 3.66. The highest BCUT2D eigenvalue weighted by atomic mass is 16.5. The number of aromatic nitrogens is 2. The lowest BCUT2D eigenvalue weighted by Crippen LogP contribution is -2.39. The van der Waals surface area contributed by atoms with Crippen LogP contribution in [0.4, 0.5) is 0 Å². The van der Waals surface area contributed by atoms with Crippen molar-refractivity contribution in [2.75, 3.05) is 7.05 Å². The second kappa shape index (κ2) is 8.16.